The molecule has 1 N–H and O–H groups in total. The predicted octanol–water partition coefficient (Wildman–Crippen LogP) is 1.97. The average Bonchev–Trinajstić information content (AvgIpc) is 2.36. The topological polar surface area (TPSA) is 49.4 Å². The smallest absolute Gasteiger partial charge is 0.209 e. The number of nitrogens with one attached hydrogen (secondary N) is 1. The highest BCUT2D eigenvalue weighted by Crippen LogP contribution is 2.23. The molecule has 1 aliphatic rings. The molecule has 4 nitrogen and oxygen atoms in total. The molecule has 0 saturated carbocycles. The van der Waals surface area contributed by atoms with E-state index in [0.29, 0.717) is 6.54 Å². The van der Waals surface area contributed by atoms with Gasteiger partial charge in [-0.15, -0.1) is 0 Å². The summed E-state index contributed by atoms with van der Waals surface area (Å²) in [6.07, 6.45) is 3.74. The van der Waals surface area contributed by atoms with Crippen LogP contribution >= 0.6 is 0 Å². The van der Waals surface area contributed by atoms with Crippen LogP contribution in [0.5, 0.6) is 0 Å². The van der Waals surface area contributed by atoms with Gasteiger partial charge in [-0.3, -0.25) is 0 Å². The number of hydrogen-bond acceptors (Lipinski definition) is 3. The molecule has 1 aromatic carbocycles. The third-order valence-corrected chi connectivity index (χ3v) is 4.17. The first-order valence-electron chi connectivity index (χ1n) is 6.72. The molecule has 1 aliphatic heterocycles. The molecule has 1 saturated heterocycles. The maximum Gasteiger partial charge on any atom is 0.209 e. The highest BCUT2D eigenvalue weighted by Gasteiger charge is 2.16. The number of anilines is 1. The fourth-order valence-electron chi connectivity index (χ4n) is 2.46. The van der Waals surface area contributed by atoms with Crippen LogP contribution in [-0.2, 0) is 16.6 Å². The summed E-state index contributed by atoms with van der Waals surface area (Å²) in [5, 5.41) is 0. The van der Waals surface area contributed by atoms with E-state index in [1.165, 1.54) is 24.8 Å². The van der Waals surface area contributed by atoms with Gasteiger partial charge in [0.1, 0.15) is 0 Å². The minimum atomic E-state index is -3.12. The average molecular weight is 282 g/mol. The van der Waals surface area contributed by atoms with Crippen LogP contribution in [-0.4, -0.2) is 27.8 Å². The molecule has 1 fully saturated rings. The van der Waals surface area contributed by atoms with Gasteiger partial charge < -0.3 is 4.90 Å². The lowest BCUT2D eigenvalue weighted by Gasteiger charge is -2.32. The van der Waals surface area contributed by atoms with Crippen LogP contribution < -0.4 is 9.62 Å². The Morgan fingerprint density at radius 3 is 2.58 bits per heavy atom. The number of piperidine rings is 1. The van der Waals surface area contributed by atoms with E-state index in [1.807, 2.05) is 12.1 Å². The summed E-state index contributed by atoms with van der Waals surface area (Å²) >= 11 is 0. The Balaban J connectivity index is 1.98. The fraction of sp³-hybridized carbons (Fsp3) is 0.571. The third-order valence-electron chi connectivity index (χ3n) is 3.50. The molecule has 0 amide bonds. The minimum absolute atomic E-state index is 0.357. The van der Waals surface area contributed by atoms with Crippen molar-refractivity contribution in [1.82, 2.24) is 4.72 Å². The van der Waals surface area contributed by atoms with Crippen LogP contribution in [0.1, 0.15) is 25.3 Å². The van der Waals surface area contributed by atoms with Gasteiger partial charge in [-0.1, -0.05) is 19.1 Å². The maximum atomic E-state index is 11.0. The molecule has 1 aromatic rings. The lowest BCUT2D eigenvalue weighted by Crippen LogP contribution is -2.34. The van der Waals surface area contributed by atoms with Crippen LogP contribution in [0.15, 0.2) is 24.3 Å². The van der Waals surface area contributed by atoms with E-state index in [1.54, 1.807) is 0 Å². The molecule has 0 radical (unpaired) electrons. The standard InChI is InChI=1S/C14H22N2O2S/c1-12-4-3-9-16(11-12)14-7-5-13(6-8-14)10-15-19(2,17)18/h5-8,12,15H,3-4,9-11H2,1-2H3/t12-/m1/s1. The first kappa shape index (κ1) is 14.3. The van der Waals surface area contributed by atoms with E-state index < -0.39 is 10.0 Å². The summed E-state index contributed by atoms with van der Waals surface area (Å²) in [7, 11) is -3.12. The van der Waals surface area contributed by atoms with Gasteiger partial charge in [-0.2, -0.15) is 0 Å². The molecule has 0 bridgehead atoms. The molecule has 1 heterocycles. The summed E-state index contributed by atoms with van der Waals surface area (Å²) in [5.41, 5.74) is 2.22. The summed E-state index contributed by atoms with van der Waals surface area (Å²) in [5.74, 6) is 0.750. The zero-order chi connectivity index (χ0) is 13.9. The van der Waals surface area contributed by atoms with Gasteiger partial charge >= 0.3 is 0 Å². The number of hydrogen-bond donors (Lipinski definition) is 1. The van der Waals surface area contributed by atoms with E-state index in [2.05, 4.69) is 28.7 Å². The number of benzene rings is 1. The molecule has 0 aromatic heterocycles. The highest BCUT2D eigenvalue weighted by atomic mass is 32.2. The molecule has 0 aliphatic carbocycles. The molecule has 5 heteroatoms. The second-order valence-corrected chi connectivity index (χ2v) is 7.29. The summed E-state index contributed by atoms with van der Waals surface area (Å²) in [6, 6.07) is 8.15. The number of nitrogens with zero attached hydrogens (tertiary/aromatic N) is 1. The normalized spacial score (nSPS) is 20.5. The zero-order valence-electron chi connectivity index (χ0n) is 11.6. The van der Waals surface area contributed by atoms with Crippen molar-refractivity contribution in [3.8, 4) is 0 Å². The molecular weight excluding hydrogens is 260 g/mol. The van der Waals surface area contributed by atoms with E-state index in [-0.39, 0.29) is 0 Å². The highest BCUT2D eigenvalue weighted by molar-refractivity contribution is 7.88. The van der Waals surface area contributed by atoms with Gasteiger partial charge in [0.15, 0.2) is 0 Å². The van der Waals surface area contributed by atoms with Crippen molar-refractivity contribution in [2.24, 2.45) is 5.92 Å². The first-order valence-corrected chi connectivity index (χ1v) is 8.62. The van der Waals surface area contributed by atoms with E-state index in [0.717, 1.165) is 24.6 Å². The summed E-state index contributed by atoms with van der Waals surface area (Å²) in [4.78, 5) is 2.40. The molecule has 2 rings (SSSR count). The molecule has 106 valence electrons. The lowest BCUT2D eigenvalue weighted by atomic mass is 9.99. The Labute approximate surface area is 115 Å². The second-order valence-electron chi connectivity index (χ2n) is 5.45. The zero-order valence-corrected chi connectivity index (χ0v) is 12.4. The van der Waals surface area contributed by atoms with Crippen LogP contribution in [0.2, 0.25) is 0 Å². The number of sulfonamides is 1. The SMILES string of the molecule is C[C@@H]1CCCN(c2ccc(CNS(C)(=O)=O)cc2)C1. The van der Waals surface area contributed by atoms with Crippen LogP contribution in [0.25, 0.3) is 0 Å². The Morgan fingerprint density at radius 1 is 1.32 bits per heavy atom. The quantitative estimate of drug-likeness (QED) is 0.918. The Kier molecular flexibility index (Phi) is 4.47. The van der Waals surface area contributed by atoms with Crippen LogP contribution in [0, 0.1) is 5.92 Å². The molecule has 19 heavy (non-hydrogen) atoms. The summed E-state index contributed by atoms with van der Waals surface area (Å²) < 4.78 is 24.6. The second kappa shape index (κ2) is 5.92. The van der Waals surface area contributed by atoms with E-state index in [4.69, 9.17) is 0 Å². The van der Waals surface area contributed by atoms with E-state index in [9.17, 15) is 8.42 Å². The molecule has 1 atom stereocenters. The molecular formula is C14H22N2O2S. The van der Waals surface area contributed by atoms with Crippen LogP contribution in [0.3, 0.4) is 0 Å². The molecule has 0 spiro atoms. The van der Waals surface area contributed by atoms with E-state index >= 15 is 0 Å². The maximum absolute atomic E-state index is 11.0. The first-order chi connectivity index (χ1) is 8.94. The van der Waals surface area contributed by atoms with Gasteiger partial charge in [0.25, 0.3) is 0 Å². The summed E-state index contributed by atoms with van der Waals surface area (Å²) in [6.45, 7) is 4.87. The van der Waals surface area contributed by atoms with Crippen molar-refractivity contribution in [2.75, 3.05) is 24.2 Å². The van der Waals surface area contributed by atoms with Gasteiger partial charge in [0, 0.05) is 25.3 Å². The van der Waals surface area contributed by atoms with Gasteiger partial charge in [0.2, 0.25) is 10.0 Å². The van der Waals surface area contributed by atoms with Gasteiger partial charge in [-0.25, -0.2) is 13.1 Å². The van der Waals surface area contributed by atoms with Crippen LogP contribution in [0.4, 0.5) is 5.69 Å². The molecule has 0 unspecified atom stereocenters. The monoisotopic (exact) mass is 282 g/mol. The fourth-order valence-corrected chi connectivity index (χ4v) is 2.89. The number of rotatable bonds is 4. The third kappa shape index (κ3) is 4.51. The van der Waals surface area contributed by atoms with Crippen molar-refractivity contribution in [3.05, 3.63) is 29.8 Å². The van der Waals surface area contributed by atoms with Crippen molar-refractivity contribution in [3.63, 3.8) is 0 Å². The Bertz CT molecular complexity index is 511. The minimum Gasteiger partial charge on any atom is -0.371 e. The Hall–Kier alpha value is -1.07. The largest absolute Gasteiger partial charge is 0.371 e. The van der Waals surface area contributed by atoms with Crippen molar-refractivity contribution in [2.45, 2.75) is 26.3 Å². The Morgan fingerprint density at radius 2 is 2.00 bits per heavy atom. The van der Waals surface area contributed by atoms with Crippen molar-refractivity contribution in [1.29, 1.82) is 0 Å². The van der Waals surface area contributed by atoms with Gasteiger partial charge in [-0.05, 0) is 36.5 Å². The lowest BCUT2D eigenvalue weighted by molar-refractivity contribution is 0.447. The van der Waals surface area contributed by atoms with Crippen molar-refractivity contribution >= 4 is 15.7 Å². The van der Waals surface area contributed by atoms with Gasteiger partial charge in [0.05, 0.1) is 6.26 Å². The van der Waals surface area contributed by atoms with Crippen molar-refractivity contribution < 1.29 is 8.42 Å². The predicted molar refractivity (Wildman–Crippen MR) is 78.7 cm³/mol.